The highest BCUT2D eigenvalue weighted by Gasteiger charge is 2.31. The van der Waals surface area contributed by atoms with Gasteiger partial charge in [0.2, 0.25) is 5.82 Å². The van der Waals surface area contributed by atoms with E-state index in [9.17, 15) is 23.1 Å². The molecule has 2 rings (SSSR count). The fourth-order valence-corrected chi connectivity index (χ4v) is 2.71. The van der Waals surface area contributed by atoms with Crippen molar-refractivity contribution in [2.75, 3.05) is 7.05 Å². The van der Waals surface area contributed by atoms with Gasteiger partial charge in [0.15, 0.2) is 17.4 Å². The van der Waals surface area contributed by atoms with Crippen LogP contribution < -0.4 is 5.73 Å². The summed E-state index contributed by atoms with van der Waals surface area (Å²) in [4.78, 5) is 13.5. The average molecular weight is 302 g/mol. The van der Waals surface area contributed by atoms with Gasteiger partial charge in [-0.15, -0.1) is 0 Å². The molecule has 1 aliphatic carbocycles. The highest BCUT2D eigenvalue weighted by Crippen LogP contribution is 2.28. The smallest absolute Gasteiger partial charge is 0.257 e. The van der Waals surface area contributed by atoms with E-state index in [1.54, 1.807) is 0 Å². The van der Waals surface area contributed by atoms with E-state index < -0.39 is 34.7 Å². The number of benzene rings is 1. The third kappa shape index (κ3) is 2.83. The number of phenols is 1. The summed E-state index contributed by atoms with van der Waals surface area (Å²) in [7, 11) is 1.44. The standard InChI is InChI=1S/C14H17F3N2O2/c1-19(10-5-3-2-4-9(10)18)14(21)7-6-8(15)12(17)13(20)11(7)16/h6,9-10,20H,2-5,18H2,1H3. The van der Waals surface area contributed by atoms with Crippen molar-refractivity contribution in [2.24, 2.45) is 5.73 Å². The summed E-state index contributed by atoms with van der Waals surface area (Å²) in [5.74, 6) is -6.96. The van der Waals surface area contributed by atoms with E-state index in [2.05, 4.69) is 0 Å². The van der Waals surface area contributed by atoms with Crippen LogP contribution in [0.15, 0.2) is 6.07 Å². The molecule has 1 aromatic rings. The number of hydrogen-bond donors (Lipinski definition) is 2. The summed E-state index contributed by atoms with van der Waals surface area (Å²) >= 11 is 0. The van der Waals surface area contributed by atoms with Crippen LogP contribution in [0.3, 0.4) is 0 Å². The van der Waals surface area contributed by atoms with Crippen molar-refractivity contribution in [3.8, 4) is 5.75 Å². The number of likely N-dealkylation sites (N-methyl/N-ethyl adjacent to an activating group) is 1. The van der Waals surface area contributed by atoms with Crippen molar-refractivity contribution in [3.63, 3.8) is 0 Å². The lowest BCUT2D eigenvalue weighted by Crippen LogP contribution is -2.50. The molecule has 0 saturated heterocycles. The van der Waals surface area contributed by atoms with Crippen LogP contribution in [0.25, 0.3) is 0 Å². The summed E-state index contributed by atoms with van der Waals surface area (Å²) in [6, 6.07) is -0.0760. The lowest BCUT2D eigenvalue weighted by molar-refractivity contribution is 0.0665. The van der Waals surface area contributed by atoms with E-state index in [0.29, 0.717) is 12.5 Å². The first kappa shape index (κ1) is 15.6. The van der Waals surface area contributed by atoms with Crippen LogP contribution in [-0.4, -0.2) is 35.0 Å². The first-order valence-electron chi connectivity index (χ1n) is 6.73. The number of aromatic hydroxyl groups is 1. The van der Waals surface area contributed by atoms with Crippen LogP contribution in [0.5, 0.6) is 5.75 Å². The number of hydrogen-bond acceptors (Lipinski definition) is 3. The van der Waals surface area contributed by atoms with E-state index >= 15 is 0 Å². The minimum Gasteiger partial charge on any atom is -0.503 e. The third-order valence-electron chi connectivity index (χ3n) is 3.96. The zero-order valence-corrected chi connectivity index (χ0v) is 11.6. The number of nitrogens with two attached hydrogens (primary N) is 1. The molecule has 2 atom stereocenters. The molecule has 1 aliphatic rings. The summed E-state index contributed by atoms with van der Waals surface area (Å²) in [5, 5.41) is 9.18. The summed E-state index contributed by atoms with van der Waals surface area (Å²) in [5.41, 5.74) is 5.24. The molecule has 0 spiro atoms. The zero-order valence-electron chi connectivity index (χ0n) is 11.6. The fraction of sp³-hybridized carbons (Fsp3) is 0.500. The number of carbonyl (C=O) groups excluding carboxylic acids is 1. The molecule has 1 aromatic carbocycles. The van der Waals surface area contributed by atoms with E-state index in [4.69, 9.17) is 5.73 Å². The summed E-state index contributed by atoms with van der Waals surface area (Å²) in [6.07, 6.45) is 3.26. The Morgan fingerprint density at radius 1 is 1.29 bits per heavy atom. The number of phenolic OH excluding ortho intramolecular Hbond substituents is 1. The third-order valence-corrected chi connectivity index (χ3v) is 3.96. The van der Waals surface area contributed by atoms with Gasteiger partial charge in [-0.1, -0.05) is 12.8 Å². The molecule has 1 amide bonds. The largest absolute Gasteiger partial charge is 0.503 e. The number of amides is 1. The minimum absolute atomic E-state index is 0.241. The van der Waals surface area contributed by atoms with Gasteiger partial charge in [0.05, 0.1) is 5.56 Å². The number of rotatable bonds is 2. The molecule has 7 heteroatoms. The van der Waals surface area contributed by atoms with Crippen molar-refractivity contribution in [1.29, 1.82) is 0 Å². The molecular formula is C14H17F3N2O2. The Labute approximate surface area is 120 Å². The molecule has 0 aromatic heterocycles. The van der Waals surface area contributed by atoms with E-state index in [-0.39, 0.29) is 12.1 Å². The van der Waals surface area contributed by atoms with Crippen molar-refractivity contribution in [2.45, 2.75) is 37.8 Å². The van der Waals surface area contributed by atoms with Gasteiger partial charge in [0.1, 0.15) is 0 Å². The average Bonchev–Trinajstić information content (AvgIpc) is 2.48. The first-order chi connectivity index (χ1) is 9.84. The zero-order chi connectivity index (χ0) is 15.7. The van der Waals surface area contributed by atoms with Gasteiger partial charge < -0.3 is 15.7 Å². The van der Waals surface area contributed by atoms with Crippen LogP contribution in [0.2, 0.25) is 0 Å². The quantitative estimate of drug-likeness (QED) is 0.823. The molecule has 0 aliphatic heterocycles. The van der Waals surface area contributed by atoms with Gasteiger partial charge in [-0.2, -0.15) is 4.39 Å². The Bertz CT molecular complexity index is 566. The number of carbonyl (C=O) groups is 1. The number of nitrogens with zero attached hydrogens (tertiary/aromatic N) is 1. The molecule has 1 fully saturated rings. The van der Waals surface area contributed by atoms with Crippen LogP contribution in [0.4, 0.5) is 13.2 Å². The highest BCUT2D eigenvalue weighted by molar-refractivity contribution is 5.95. The van der Waals surface area contributed by atoms with Crippen molar-refractivity contribution in [1.82, 2.24) is 4.90 Å². The van der Waals surface area contributed by atoms with Crippen LogP contribution in [-0.2, 0) is 0 Å². The Morgan fingerprint density at radius 2 is 1.90 bits per heavy atom. The predicted molar refractivity (Wildman–Crippen MR) is 70.3 cm³/mol. The Balaban J connectivity index is 2.31. The van der Waals surface area contributed by atoms with Gasteiger partial charge in [0, 0.05) is 19.1 Å². The highest BCUT2D eigenvalue weighted by atomic mass is 19.2. The van der Waals surface area contributed by atoms with Crippen molar-refractivity contribution >= 4 is 5.91 Å². The van der Waals surface area contributed by atoms with Gasteiger partial charge in [-0.05, 0) is 18.9 Å². The monoisotopic (exact) mass is 302 g/mol. The normalized spacial score (nSPS) is 22.1. The van der Waals surface area contributed by atoms with E-state index in [1.165, 1.54) is 11.9 Å². The second-order valence-electron chi connectivity index (χ2n) is 5.31. The van der Waals surface area contributed by atoms with E-state index in [0.717, 1.165) is 19.3 Å². The van der Waals surface area contributed by atoms with Crippen molar-refractivity contribution < 1.29 is 23.1 Å². The van der Waals surface area contributed by atoms with Crippen molar-refractivity contribution in [3.05, 3.63) is 29.1 Å². The van der Waals surface area contributed by atoms with Crippen LogP contribution in [0, 0.1) is 17.5 Å². The molecule has 0 bridgehead atoms. The lowest BCUT2D eigenvalue weighted by Gasteiger charge is -2.36. The summed E-state index contributed by atoms with van der Waals surface area (Å²) in [6.45, 7) is 0. The van der Waals surface area contributed by atoms with Gasteiger partial charge in [0.25, 0.3) is 5.91 Å². The molecule has 21 heavy (non-hydrogen) atoms. The Kier molecular flexibility index (Phi) is 4.41. The lowest BCUT2D eigenvalue weighted by atomic mass is 9.89. The first-order valence-corrected chi connectivity index (χ1v) is 6.73. The second-order valence-corrected chi connectivity index (χ2v) is 5.31. The molecule has 4 nitrogen and oxygen atoms in total. The molecule has 3 N–H and O–H groups in total. The van der Waals surface area contributed by atoms with Gasteiger partial charge >= 0.3 is 0 Å². The second kappa shape index (κ2) is 5.93. The molecule has 0 radical (unpaired) electrons. The van der Waals surface area contributed by atoms with Gasteiger partial charge in [-0.25, -0.2) is 8.78 Å². The van der Waals surface area contributed by atoms with Gasteiger partial charge in [-0.3, -0.25) is 4.79 Å². The SMILES string of the molecule is CN(C(=O)c1cc(F)c(F)c(O)c1F)C1CCCCC1N. The topological polar surface area (TPSA) is 66.6 Å². The molecular weight excluding hydrogens is 285 g/mol. The fourth-order valence-electron chi connectivity index (χ4n) is 2.71. The molecule has 0 heterocycles. The molecule has 116 valence electrons. The Morgan fingerprint density at radius 3 is 2.52 bits per heavy atom. The maximum absolute atomic E-state index is 13.8. The summed E-state index contributed by atoms with van der Waals surface area (Å²) < 4.78 is 40.1. The molecule has 1 saturated carbocycles. The number of halogens is 3. The maximum Gasteiger partial charge on any atom is 0.257 e. The predicted octanol–water partition coefficient (Wildman–Crippen LogP) is 2.15. The van der Waals surface area contributed by atoms with Crippen LogP contribution in [0.1, 0.15) is 36.0 Å². The van der Waals surface area contributed by atoms with E-state index in [1.807, 2.05) is 0 Å². The van der Waals surface area contributed by atoms with Crippen LogP contribution >= 0.6 is 0 Å². The molecule has 2 unspecified atom stereocenters. The Hall–Kier alpha value is -1.76. The maximum atomic E-state index is 13.8. The minimum atomic E-state index is -1.71.